The number of phenols is 1. The Labute approximate surface area is 87.4 Å². The molecule has 0 atom stereocenters. The maximum atomic E-state index is 11.4. The van der Waals surface area contributed by atoms with Crippen LogP contribution in [0.1, 0.15) is 22.3 Å². The van der Waals surface area contributed by atoms with Gasteiger partial charge in [0.2, 0.25) is 0 Å². The van der Waals surface area contributed by atoms with Gasteiger partial charge in [-0.25, -0.2) is 0 Å². The van der Waals surface area contributed by atoms with Crippen molar-refractivity contribution in [3.05, 3.63) is 23.3 Å². The lowest BCUT2D eigenvalue weighted by molar-refractivity contribution is 0.0491. The molecule has 0 aliphatic heterocycles. The molecule has 0 fully saturated rings. The van der Waals surface area contributed by atoms with E-state index in [4.69, 9.17) is 9.47 Å². The van der Waals surface area contributed by atoms with E-state index in [9.17, 15) is 9.90 Å². The van der Waals surface area contributed by atoms with Crippen LogP contribution in [0, 0.1) is 0 Å². The van der Waals surface area contributed by atoms with Crippen molar-refractivity contribution < 1.29 is 19.4 Å². The average molecular weight is 208 g/mol. The van der Waals surface area contributed by atoms with Crippen molar-refractivity contribution in [1.29, 1.82) is 0 Å². The van der Waals surface area contributed by atoms with Gasteiger partial charge in [0.05, 0.1) is 0 Å². The van der Waals surface area contributed by atoms with Crippen molar-refractivity contribution in [2.45, 2.75) is 12.8 Å². The Bertz CT molecular complexity index is 398. The number of ether oxygens (including phenoxy) is 2. The Morgan fingerprint density at radius 2 is 2.20 bits per heavy atom. The zero-order chi connectivity index (χ0) is 10.8. The van der Waals surface area contributed by atoms with Crippen LogP contribution in [0.25, 0.3) is 0 Å². The Hall–Kier alpha value is -1.55. The fraction of sp³-hybridized carbons (Fsp3) is 0.364. The second-order valence-corrected chi connectivity index (χ2v) is 3.45. The lowest BCUT2D eigenvalue weighted by Gasteiger charge is -2.08. The standard InChI is InChI=1S/C11H12O4/c1-14-6-15-11-4-7-2-3-9(12)8(7)5-10(11)13/h4-5,13H,2-3,6H2,1H3. The number of phenolic OH excluding ortho intramolecular Hbond substituents is 1. The summed E-state index contributed by atoms with van der Waals surface area (Å²) in [7, 11) is 1.51. The first-order valence-corrected chi connectivity index (χ1v) is 4.73. The third-order valence-electron chi connectivity index (χ3n) is 2.44. The minimum Gasteiger partial charge on any atom is -0.504 e. The molecule has 15 heavy (non-hydrogen) atoms. The number of benzene rings is 1. The smallest absolute Gasteiger partial charge is 0.188 e. The van der Waals surface area contributed by atoms with E-state index in [2.05, 4.69) is 0 Å². The molecule has 1 aliphatic rings. The maximum Gasteiger partial charge on any atom is 0.188 e. The molecule has 4 heteroatoms. The Morgan fingerprint density at radius 1 is 1.40 bits per heavy atom. The van der Waals surface area contributed by atoms with Crippen LogP contribution in [0.15, 0.2) is 12.1 Å². The summed E-state index contributed by atoms with van der Waals surface area (Å²) in [6.45, 7) is 0.0836. The molecule has 2 rings (SSSR count). The zero-order valence-corrected chi connectivity index (χ0v) is 8.45. The van der Waals surface area contributed by atoms with Crippen LogP contribution in [-0.2, 0) is 11.2 Å². The van der Waals surface area contributed by atoms with Crippen LogP contribution in [-0.4, -0.2) is 24.8 Å². The third-order valence-corrected chi connectivity index (χ3v) is 2.44. The summed E-state index contributed by atoms with van der Waals surface area (Å²) in [6.07, 6.45) is 1.24. The summed E-state index contributed by atoms with van der Waals surface area (Å²) in [4.78, 5) is 11.4. The van der Waals surface area contributed by atoms with Gasteiger partial charge >= 0.3 is 0 Å². The third kappa shape index (κ3) is 1.80. The Kier molecular flexibility index (Phi) is 2.60. The van der Waals surface area contributed by atoms with Gasteiger partial charge in [0.1, 0.15) is 0 Å². The average Bonchev–Trinajstić information content (AvgIpc) is 2.57. The normalized spacial score (nSPS) is 14.1. The van der Waals surface area contributed by atoms with Crippen molar-refractivity contribution in [1.82, 2.24) is 0 Å². The van der Waals surface area contributed by atoms with Crippen molar-refractivity contribution >= 4 is 5.78 Å². The number of aryl methyl sites for hydroxylation is 1. The van der Waals surface area contributed by atoms with Gasteiger partial charge in [0, 0.05) is 19.1 Å². The molecule has 80 valence electrons. The van der Waals surface area contributed by atoms with Gasteiger partial charge in [-0.15, -0.1) is 0 Å². The van der Waals surface area contributed by atoms with Crippen molar-refractivity contribution in [2.75, 3.05) is 13.9 Å². The van der Waals surface area contributed by atoms with Gasteiger partial charge in [0.25, 0.3) is 0 Å². The molecule has 1 aliphatic carbocycles. The number of rotatable bonds is 3. The summed E-state index contributed by atoms with van der Waals surface area (Å²) in [5, 5.41) is 9.59. The molecule has 0 heterocycles. The van der Waals surface area contributed by atoms with Gasteiger partial charge in [-0.1, -0.05) is 0 Å². The van der Waals surface area contributed by atoms with E-state index in [0.717, 1.165) is 12.0 Å². The van der Waals surface area contributed by atoms with Crippen molar-refractivity contribution in [3.8, 4) is 11.5 Å². The van der Waals surface area contributed by atoms with Crippen LogP contribution in [0.5, 0.6) is 11.5 Å². The zero-order valence-electron chi connectivity index (χ0n) is 8.45. The molecule has 0 unspecified atom stereocenters. The molecule has 0 aromatic heterocycles. The number of carbonyl (C=O) groups is 1. The van der Waals surface area contributed by atoms with Gasteiger partial charge in [-0.2, -0.15) is 0 Å². The number of carbonyl (C=O) groups excluding carboxylic acids is 1. The lowest BCUT2D eigenvalue weighted by atomic mass is 10.1. The molecule has 0 saturated heterocycles. The maximum absolute atomic E-state index is 11.4. The van der Waals surface area contributed by atoms with E-state index in [1.807, 2.05) is 0 Å². The molecular formula is C11H12O4. The summed E-state index contributed by atoms with van der Waals surface area (Å²) in [5.74, 6) is 0.435. The summed E-state index contributed by atoms with van der Waals surface area (Å²) in [6, 6.07) is 3.17. The van der Waals surface area contributed by atoms with E-state index in [1.165, 1.54) is 13.2 Å². The summed E-state index contributed by atoms with van der Waals surface area (Å²) < 4.78 is 9.90. The molecule has 1 aromatic rings. The SMILES string of the molecule is COCOc1cc2c(cc1O)C(=O)CC2. The fourth-order valence-electron chi connectivity index (χ4n) is 1.70. The fourth-order valence-corrected chi connectivity index (χ4v) is 1.70. The van der Waals surface area contributed by atoms with E-state index in [-0.39, 0.29) is 18.3 Å². The quantitative estimate of drug-likeness (QED) is 0.765. The monoisotopic (exact) mass is 208 g/mol. The molecule has 0 bridgehead atoms. The second kappa shape index (κ2) is 3.90. The van der Waals surface area contributed by atoms with Crippen LogP contribution >= 0.6 is 0 Å². The molecule has 0 radical (unpaired) electrons. The van der Waals surface area contributed by atoms with Gasteiger partial charge < -0.3 is 14.6 Å². The second-order valence-electron chi connectivity index (χ2n) is 3.45. The van der Waals surface area contributed by atoms with Gasteiger partial charge in [-0.3, -0.25) is 4.79 Å². The van der Waals surface area contributed by atoms with Gasteiger partial charge in [0.15, 0.2) is 24.1 Å². The molecule has 0 amide bonds. The number of hydrogen-bond acceptors (Lipinski definition) is 4. The molecular weight excluding hydrogens is 196 g/mol. The highest BCUT2D eigenvalue weighted by Crippen LogP contribution is 2.34. The van der Waals surface area contributed by atoms with Crippen molar-refractivity contribution in [2.24, 2.45) is 0 Å². The van der Waals surface area contributed by atoms with E-state index >= 15 is 0 Å². The first-order valence-electron chi connectivity index (χ1n) is 4.73. The Morgan fingerprint density at radius 3 is 2.93 bits per heavy atom. The molecule has 0 spiro atoms. The highest BCUT2D eigenvalue weighted by atomic mass is 16.7. The minimum atomic E-state index is -0.0129. The van der Waals surface area contributed by atoms with Crippen LogP contribution in [0.2, 0.25) is 0 Å². The Balaban J connectivity index is 2.31. The van der Waals surface area contributed by atoms with Crippen LogP contribution < -0.4 is 4.74 Å². The molecule has 1 N–H and O–H groups in total. The number of ketones is 1. The number of methoxy groups -OCH3 is 1. The van der Waals surface area contributed by atoms with Crippen LogP contribution in [0.4, 0.5) is 0 Å². The predicted octanol–water partition coefficient (Wildman–Crippen LogP) is 1.50. The minimum absolute atomic E-state index is 0.0129. The van der Waals surface area contributed by atoms with E-state index < -0.39 is 0 Å². The number of Topliss-reactive ketones (excluding diaryl/α,β-unsaturated/α-hetero) is 1. The molecule has 4 nitrogen and oxygen atoms in total. The lowest BCUT2D eigenvalue weighted by Crippen LogP contribution is -2.00. The van der Waals surface area contributed by atoms with Crippen molar-refractivity contribution in [3.63, 3.8) is 0 Å². The summed E-state index contributed by atoms with van der Waals surface area (Å²) in [5.41, 5.74) is 1.54. The predicted molar refractivity (Wildman–Crippen MR) is 53.3 cm³/mol. The molecule has 0 saturated carbocycles. The highest BCUT2D eigenvalue weighted by Gasteiger charge is 2.21. The first-order chi connectivity index (χ1) is 7.22. The molecule has 1 aromatic carbocycles. The first kappa shape index (κ1) is 9.98. The highest BCUT2D eigenvalue weighted by molar-refractivity contribution is 6.01. The summed E-state index contributed by atoms with van der Waals surface area (Å²) >= 11 is 0. The topological polar surface area (TPSA) is 55.8 Å². The van der Waals surface area contributed by atoms with E-state index in [0.29, 0.717) is 17.7 Å². The number of aromatic hydroxyl groups is 1. The number of hydrogen-bond donors (Lipinski definition) is 1. The largest absolute Gasteiger partial charge is 0.504 e. The van der Waals surface area contributed by atoms with Crippen LogP contribution in [0.3, 0.4) is 0 Å². The number of fused-ring (bicyclic) bond motifs is 1. The van der Waals surface area contributed by atoms with Gasteiger partial charge in [-0.05, 0) is 24.1 Å². The van der Waals surface area contributed by atoms with E-state index in [1.54, 1.807) is 6.07 Å².